The van der Waals surface area contributed by atoms with Crippen LogP contribution in [0, 0.1) is 0 Å². The molecule has 0 bridgehead atoms. The summed E-state index contributed by atoms with van der Waals surface area (Å²) in [6.07, 6.45) is 1.60. The van der Waals surface area contributed by atoms with E-state index in [1.807, 2.05) is 16.7 Å². The quantitative estimate of drug-likeness (QED) is 0.818. The average Bonchev–Trinajstić information content (AvgIpc) is 3.09. The number of hydrogen-bond acceptors (Lipinski definition) is 4. The van der Waals surface area contributed by atoms with Crippen molar-refractivity contribution in [3.63, 3.8) is 0 Å². The van der Waals surface area contributed by atoms with Crippen LogP contribution in [0.2, 0.25) is 5.02 Å². The van der Waals surface area contributed by atoms with Gasteiger partial charge in [-0.15, -0.1) is 0 Å². The molecular weight excluding hydrogens is 348 g/mol. The topological polar surface area (TPSA) is 49.9 Å². The van der Waals surface area contributed by atoms with E-state index in [4.69, 9.17) is 16.3 Å². The van der Waals surface area contributed by atoms with Gasteiger partial charge in [-0.3, -0.25) is 9.59 Å². The smallest absolute Gasteiger partial charge is 0.261 e. The summed E-state index contributed by atoms with van der Waals surface area (Å²) < 4.78 is 5.53. The van der Waals surface area contributed by atoms with Gasteiger partial charge in [0.15, 0.2) is 6.61 Å². The highest BCUT2D eigenvalue weighted by atomic mass is 35.5. The summed E-state index contributed by atoms with van der Waals surface area (Å²) in [6.45, 7) is 2.11. The first-order valence-electron chi connectivity index (χ1n) is 8.19. The maximum Gasteiger partial charge on any atom is 0.261 e. The van der Waals surface area contributed by atoms with Gasteiger partial charge in [0.2, 0.25) is 5.91 Å². The standard InChI is InChI=1S/C17H21ClN2O3S/c18-13-3-1-4-14(11-13)23-12-16(21)20-6-2-5-15(20)17(22)19-7-9-24-10-8-19/h1,3-4,11,15H,2,5-10,12H2. The summed E-state index contributed by atoms with van der Waals surface area (Å²) in [6, 6.07) is 6.63. The third kappa shape index (κ3) is 4.16. The van der Waals surface area contributed by atoms with Gasteiger partial charge in [-0.05, 0) is 31.0 Å². The molecule has 130 valence electrons. The molecule has 1 aromatic carbocycles. The number of halogens is 1. The van der Waals surface area contributed by atoms with E-state index in [1.54, 1.807) is 29.2 Å². The number of rotatable bonds is 4. The van der Waals surface area contributed by atoms with E-state index >= 15 is 0 Å². The maximum absolute atomic E-state index is 12.7. The lowest BCUT2D eigenvalue weighted by Gasteiger charge is -2.32. The monoisotopic (exact) mass is 368 g/mol. The van der Waals surface area contributed by atoms with E-state index < -0.39 is 0 Å². The van der Waals surface area contributed by atoms with Crippen molar-refractivity contribution in [3.05, 3.63) is 29.3 Å². The molecule has 1 unspecified atom stereocenters. The first kappa shape index (κ1) is 17.4. The summed E-state index contributed by atoms with van der Waals surface area (Å²) >= 11 is 7.78. The molecule has 2 saturated heterocycles. The Morgan fingerprint density at radius 1 is 1.25 bits per heavy atom. The number of benzene rings is 1. The number of likely N-dealkylation sites (tertiary alicyclic amines) is 1. The number of ether oxygens (including phenoxy) is 1. The molecule has 2 aliphatic rings. The van der Waals surface area contributed by atoms with Crippen LogP contribution in [0.5, 0.6) is 5.75 Å². The Morgan fingerprint density at radius 2 is 2.04 bits per heavy atom. The molecule has 1 aromatic rings. The predicted octanol–water partition coefficient (Wildman–Crippen LogP) is 2.29. The Kier molecular flexibility index (Phi) is 5.89. The lowest BCUT2D eigenvalue weighted by atomic mass is 10.2. The molecule has 2 heterocycles. The van der Waals surface area contributed by atoms with Crippen molar-refractivity contribution in [1.29, 1.82) is 0 Å². The number of hydrogen-bond donors (Lipinski definition) is 0. The van der Waals surface area contributed by atoms with Crippen molar-refractivity contribution < 1.29 is 14.3 Å². The van der Waals surface area contributed by atoms with E-state index in [0.29, 0.717) is 17.3 Å². The van der Waals surface area contributed by atoms with Crippen LogP contribution in [0.15, 0.2) is 24.3 Å². The number of thioether (sulfide) groups is 1. The maximum atomic E-state index is 12.7. The highest BCUT2D eigenvalue weighted by molar-refractivity contribution is 7.99. The summed E-state index contributed by atoms with van der Waals surface area (Å²) in [5.41, 5.74) is 0. The molecule has 1 atom stereocenters. The summed E-state index contributed by atoms with van der Waals surface area (Å²) in [5, 5.41) is 0.567. The predicted molar refractivity (Wildman–Crippen MR) is 95.6 cm³/mol. The number of carbonyl (C=O) groups excluding carboxylic acids is 2. The van der Waals surface area contributed by atoms with Crippen molar-refractivity contribution in [2.75, 3.05) is 37.7 Å². The normalized spacial score (nSPS) is 21.0. The van der Waals surface area contributed by atoms with Crippen LogP contribution in [0.1, 0.15) is 12.8 Å². The highest BCUT2D eigenvalue weighted by Crippen LogP contribution is 2.22. The number of carbonyl (C=O) groups is 2. The third-order valence-electron chi connectivity index (χ3n) is 4.34. The molecule has 24 heavy (non-hydrogen) atoms. The average molecular weight is 369 g/mol. The van der Waals surface area contributed by atoms with Crippen LogP contribution in [-0.4, -0.2) is 65.4 Å². The fourth-order valence-electron chi connectivity index (χ4n) is 3.10. The second-order valence-corrected chi connectivity index (χ2v) is 7.59. The zero-order valence-electron chi connectivity index (χ0n) is 13.4. The van der Waals surface area contributed by atoms with Crippen molar-refractivity contribution >= 4 is 35.2 Å². The van der Waals surface area contributed by atoms with Gasteiger partial charge >= 0.3 is 0 Å². The second kappa shape index (κ2) is 8.12. The van der Waals surface area contributed by atoms with E-state index in [0.717, 1.165) is 37.4 Å². The van der Waals surface area contributed by atoms with Gasteiger partial charge in [-0.25, -0.2) is 0 Å². The van der Waals surface area contributed by atoms with Crippen LogP contribution in [-0.2, 0) is 9.59 Å². The summed E-state index contributed by atoms with van der Waals surface area (Å²) in [7, 11) is 0. The largest absolute Gasteiger partial charge is 0.484 e. The summed E-state index contributed by atoms with van der Waals surface area (Å²) in [5.74, 6) is 2.46. The van der Waals surface area contributed by atoms with E-state index in [-0.39, 0.29) is 24.5 Å². The molecule has 5 nitrogen and oxygen atoms in total. The van der Waals surface area contributed by atoms with Gasteiger partial charge in [0.25, 0.3) is 5.91 Å². The molecule has 3 rings (SSSR count). The van der Waals surface area contributed by atoms with Crippen LogP contribution in [0.3, 0.4) is 0 Å². The third-order valence-corrected chi connectivity index (χ3v) is 5.52. The molecule has 2 fully saturated rings. The Hall–Kier alpha value is -1.40. The molecule has 0 aliphatic carbocycles. The lowest BCUT2D eigenvalue weighted by molar-refractivity contribution is -0.144. The highest BCUT2D eigenvalue weighted by Gasteiger charge is 2.36. The van der Waals surface area contributed by atoms with Gasteiger partial charge in [0.05, 0.1) is 0 Å². The molecule has 0 spiro atoms. The van der Waals surface area contributed by atoms with Gasteiger partial charge in [0, 0.05) is 36.2 Å². The Bertz CT molecular complexity index is 607. The SMILES string of the molecule is O=C(C1CCCN1C(=O)COc1cccc(Cl)c1)N1CCSCC1. The van der Waals surface area contributed by atoms with Gasteiger partial charge in [-0.1, -0.05) is 17.7 Å². The van der Waals surface area contributed by atoms with E-state index in [1.165, 1.54) is 0 Å². The van der Waals surface area contributed by atoms with E-state index in [2.05, 4.69) is 0 Å². The molecular formula is C17H21ClN2O3S. The minimum Gasteiger partial charge on any atom is -0.484 e. The van der Waals surface area contributed by atoms with Crippen LogP contribution >= 0.6 is 23.4 Å². The first-order chi connectivity index (χ1) is 11.6. The van der Waals surface area contributed by atoms with Gasteiger partial charge in [-0.2, -0.15) is 11.8 Å². The molecule has 2 amide bonds. The van der Waals surface area contributed by atoms with Crippen LogP contribution < -0.4 is 4.74 Å². The molecule has 0 radical (unpaired) electrons. The van der Waals surface area contributed by atoms with Crippen molar-refractivity contribution in [2.45, 2.75) is 18.9 Å². The Balaban J connectivity index is 1.57. The molecule has 7 heteroatoms. The summed E-state index contributed by atoms with van der Waals surface area (Å²) in [4.78, 5) is 28.8. The lowest BCUT2D eigenvalue weighted by Crippen LogP contribution is -2.50. The minimum atomic E-state index is -0.330. The van der Waals surface area contributed by atoms with E-state index in [9.17, 15) is 9.59 Å². The fraction of sp³-hybridized carbons (Fsp3) is 0.529. The van der Waals surface area contributed by atoms with Crippen molar-refractivity contribution in [1.82, 2.24) is 9.80 Å². The molecule has 2 aliphatic heterocycles. The zero-order valence-corrected chi connectivity index (χ0v) is 15.0. The first-order valence-corrected chi connectivity index (χ1v) is 9.73. The van der Waals surface area contributed by atoms with Crippen LogP contribution in [0.25, 0.3) is 0 Å². The Labute approximate surface area is 151 Å². The number of nitrogens with zero attached hydrogens (tertiary/aromatic N) is 2. The van der Waals surface area contributed by atoms with Crippen LogP contribution in [0.4, 0.5) is 0 Å². The van der Waals surface area contributed by atoms with Crippen molar-refractivity contribution in [2.24, 2.45) is 0 Å². The van der Waals surface area contributed by atoms with Crippen molar-refractivity contribution in [3.8, 4) is 5.75 Å². The van der Waals surface area contributed by atoms with Gasteiger partial charge in [0.1, 0.15) is 11.8 Å². The van der Waals surface area contributed by atoms with Gasteiger partial charge < -0.3 is 14.5 Å². The fourth-order valence-corrected chi connectivity index (χ4v) is 4.18. The second-order valence-electron chi connectivity index (χ2n) is 5.93. The Morgan fingerprint density at radius 3 is 2.79 bits per heavy atom. The molecule has 0 saturated carbocycles. The molecule has 0 aromatic heterocycles. The zero-order chi connectivity index (χ0) is 16.9. The molecule has 0 N–H and O–H groups in total. The number of amides is 2. The minimum absolute atomic E-state index is 0.0695.